The molecule has 10 heteroatoms. The van der Waals surface area contributed by atoms with E-state index in [0.717, 1.165) is 29.2 Å². The molecule has 2 unspecified atom stereocenters. The SMILES string of the molecule is C=NCC1C(=O)N(c2ccc(OC(=O)c3ccc(C(F)(F)F)cc3)cc2)C(=O)C1CN. The Balaban J connectivity index is 1.73. The fourth-order valence-corrected chi connectivity index (χ4v) is 3.27. The number of nitrogens with zero attached hydrogens (tertiary/aromatic N) is 2. The number of benzene rings is 2. The molecular weight excluding hydrogens is 415 g/mol. The Kier molecular flexibility index (Phi) is 6.21. The quantitative estimate of drug-likeness (QED) is 0.327. The number of rotatable bonds is 6. The number of hydrogen-bond donors (Lipinski definition) is 1. The minimum absolute atomic E-state index is 0.00984. The maximum absolute atomic E-state index is 12.6. The standard InChI is InChI=1S/C21H18F3N3O4/c1-26-11-17-16(10-25)18(28)27(19(17)29)14-6-8-15(9-7-14)31-20(30)12-2-4-13(5-3-12)21(22,23)24/h2-9,16-17H,1,10-11,25H2. The second kappa shape index (κ2) is 8.68. The molecule has 1 aliphatic rings. The van der Waals surface area contributed by atoms with Gasteiger partial charge < -0.3 is 15.5 Å². The van der Waals surface area contributed by atoms with Crippen LogP contribution in [0.1, 0.15) is 15.9 Å². The summed E-state index contributed by atoms with van der Waals surface area (Å²) in [6.07, 6.45) is -4.51. The highest BCUT2D eigenvalue weighted by atomic mass is 19.4. The molecule has 162 valence electrons. The van der Waals surface area contributed by atoms with Crippen LogP contribution in [0, 0.1) is 11.8 Å². The number of ether oxygens (including phenoxy) is 1. The van der Waals surface area contributed by atoms with E-state index in [-0.39, 0.29) is 30.1 Å². The number of amides is 2. The first-order valence-electron chi connectivity index (χ1n) is 9.17. The van der Waals surface area contributed by atoms with Gasteiger partial charge in [0.2, 0.25) is 11.8 Å². The number of nitrogens with two attached hydrogens (primary N) is 1. The number of hydrogen-bond acceptors (Lipinski definition) is 6. The molecule has 0 aliphatic carbocycles. The Morgan fingerprint density at radius 3 is 2.13 bits per heavy atom. The van der Waals surface area contributed by atoms with Crippen molar-refractivity contribution in [2.75, 3.05) is 18.0 Å². The van der Waals surface area contributed by atoms with Gasteiger partial charge in [0.1, 0.15) is 5.75 Å². The summed E-state index contributed by atoms with van der Waals surface area (Å²) in [7, 11) is 0. The van der Waals surface area contributed by atoms with Gasteiger partial charge in [-0.05, 0) is 55.2 Å². The lowest BCUT2D eigenvalue weighted by Crippen LogP contribution is -2.32. The maximum Gasteiger partial charge on any atom is 0.416 e. The summed E-state index contributed by atoms with van der Waals surface area (Å²) in [6.45, 7) is 3.42. The molecule has 0 bridgehead atoms. The van der Waals surface area contributed by atoms with E-state index in [1.165, 1.54) is 24.3 Å². The Hall–Kier alpha value is -3.53. The van der Waals surface area contributed by atoms with Crippen LogP contribution in [0.25, 0.3) is 0 Å². The van der Waals surface area contributed by atoms with Crippen LogP contribution in [-0.2, 0) is 15.8 Å². The minimum atomic E-state index is -4.51. The van der Waals surface area contributed by atoms with Crippen molar-refractivity contribution in [1.82, 2.24) is 0 Å². The number of anilines is 1. The van der Waals surface area contributed by atoms with Crippen molar-refractivity contribution in [1.29, 1.82) is 0 Å². The average Bonchev–Trinajstić information content (AvgIpc) is 2.97. The Morgan fingerprint density at radius 2 is 1.61 bits per heavy atom. The lowest BCUT2D eigenvalue weighted by molar-refractivity contribution is -0.137. The van der Waals surface area contributed by atoms with Crippen molar-refractivity contribution in [3.05, 3.63) is 59.7 Å². The third-order valence-electron chi connectivity index (χ3n) is 4.89. The zero-order chi connectivity index (χ0) is 22.8. The molecule has 3 rings (SSSR count). The van der Waals surface area contributed by atoms with Gasteiger partial charge in [-0.25, -0.2) is 9.69 Å². The lowest BCUT2D eigenvalue weighted by Gasteiger charge is -2.15. The summed E-state index contributed by atoms with van der Waals surface area (Å²) >= 11 is 0. The smallest absolute Gasteiger partial charge is 0.416 e. The van der Waals surface area contributed by atoms with Crippen LogP contribution in [-0.4, -0.2) is 37.6 Å². The lowest BCUT2D eigenvalue weighted by atomic mass is 9.95. The number of alkyl halides is 3. The van der Waals surface area contributed by atoms with E-state index in [4.69, 9.17) is 10.5 Å². The molecule has 1 saturated heterocycles. The third kappa shape index (κ3) is 4.48. The fraction of sp³-hybridized carbons (Fsp3) is 0.238. The van der Waals surface area contributed by atoms with E-state index >= 15 is 0 Å². The van der Waals surface area contributed by atoms with Crippen LogP contribution in [0.4, 0.5) is 18.9 Å². The van der Waals surface area contributed by atoms with E-state index in [1.54, 1.807) is 0 Å². The van der Waals surface area contributed by atoms with Crippen molar-refractivity contribution in [2.45, 2.75) is 6.18 Å². The second-order valence-corrected chi connectivity index (χ2v) is 6.83. The Morgan fingerprint density at radius 1 is 1.03 bits per heavy atom. The molecule has 0 aromatic heterocycles. The first-order chi connectivity index (χ1) is 14.7. The van der Waals surface area contributed by atoms with Crippen LogP contribution in [0.15, 0.2) is 53.5 Å². The highest BCUT2D eigenvalue weighted by Gasteiger charge is 2.47. The highest BCUT2D eigenvalue weighted by Crippen LogP contribution is 2.32. The molecule has 2 amide bonds. The molecule has 2 atom stereocenters. The van der Waals surface area contributed by atoms with Crippen molar-refractivity contribution < 1.29 is 32.3 Å². The third-order valence-corrected chi connectivity index (χ3v) is 4.89. The molecule has 7 nitrogen and oxygen atoms in total. The molecular formula is C21H18F3N3O4. The van der Waals surface area contributed by atoms with Crippen LogP contribution in [0.3, 0.4) is 0 Å². The number of halogens is 3. The van der Waals surface area contributed by atoms with Gasteiger partial charge >= 0.3 is 12.1 Å². The summed E-state index contributed by atoms with van der Waals surface area (Å²) in [5.41, 5.74) is 4.96. The highest BCUT2D eigenvalue weighted by molar-refractivity contribution is 6.22. The number of esters is 1. The summed E-state index contributed by atoms with van der Waals surface area (Å²) in [5.74, 6) is -3.04. The van der Waals surface area contributed by atoms with Gasteiger partial charge in [-0.15, -0.1) is 0 Å². The van der Waals surface area contributed by atoms with Gasteiger partial charge in [-0.1, -0.05) is 0 Å². The van der Waals surface area contributed by atoms with Gasteiger partial charge in [0.05, 0.1) is 35.2 Å². The molecule has 1 aliphatic heterocycles. The van der Waals surface area contributed by atoms with Crippen LogP contribution in [0.5, 0.6) is 5.75 Å². The van der Waals surface area contributed by atoms with Gasteiger partial charge in [-0.3, -0.25) is 9.59 Å². The summed E-state index contributed by atoms with van der Waals surface area (Å²) in [4.78, 5) is 42.1. The maximum atomic E-state index is 12.6. The number of carbonyl (C=O) groups excluding carboxylic acids is 3. The van der Waals surface area contributed by atoms with Crippen molar-refractivity contribution in [3.8, 4) is 5.75 Å². The predicted octanol–water partition coefficient (Wildman–Crippen LogP) is 2.69. The molecule has 2 aromatic rings. The summed E-state index contributed by atoms with van der Waals surface area (Å²) in [5, 5.41) is 0. The van der Waals surface area contributed by atoms with Gasteiger partial charge in [0.25, 0.3) is 0 Å². The van der Waals surface area contributed by atoms with E-state index in [9.17, 15) is 27.6 Å². The summed E-state index contributed by atoms with van der Waals surface area (Å²) < 4.78 is 43.0. The normalized spacial score (nSPS) is 18.9. The molecule has 2 aromatic carbocycles. The monoisotopic (exact) mass is 433 g/mol. The molecule has 1 fully saturated rings. The topological polar surface area (TPSA) is 102 Å². The second-order valence-electron chi connectivity index (χ2n) is 6.83. The van der Waals surface area contributed by atoms with Crippen molar-refractivity contribution in [3.63, 3.8) is 0 Å². The van der Waals surface area contributed by atoms with Crippen molar-refractivity contribution >= 4 is 30.2 Å². The molecule has 31 heavy (non-hydrogen) atoms. The molecule has 1 heterocycles. The van der Waals surface area contributed by atoms with E-state index in [0.29, 0.717) is 0 Å². The van der Waals surface area contributed by atoms with Crippen LogP contribution >= 0.6 is 0 Å². The van der Waals surface area contributed by atoms with Crippen molar-refractivity contribution in [2.24, 2.45) is 22.6 Å². The predicted molar refractivity (Wildman–Crippen MR) is 106 cm³/mol. The molecule has 0 saturated carbocycles. The Labute approximate surface area is 175 Å². The number of carbonyl (C=O) groups is 3. The first-order valence-corrected chi connectivity index (χ1v) is 9.17. The Bertz CT molecular complexity index is 1000. The van der Waals surface area contributed by atoms with Gasteiger partial charge in [0, 0.05) is 6.54 Å². The molecule has 0 spiro atoms. The van der Waals surface area contributed by atoms with E-state index in [2.05, 4.69) is 11.7 Å². The molecule has 0 radical (unpaired) electrons. The zero-order valence-corrected chi connectivity index (χ0v) is 16.1. The molecule has 2 N–H and O–H groups in total. The van der Waals surface area contributed by atoms with Crippen LogP contribution in [0.2, 0.25) is 0 Å². The van der Waals surface area contributed by atoms with Gasteiger partial charge in [-0.2, -0.15) is 13.2 Å². The van der Waals surface area contributed by atoms with E-state index in [1.807, 2.05) is 0 Å². The largest absolute Gasteiger partial charge is 0.423 e. The van der Waals surface area contributed by atoms with E-state index < -0.39 is 41.4 Å². The first kappa shape index (κ1) is 22.2. The number of aliphatic imine (C=N–C) groups is 1. The fourth-order valence-electron chi connectivity index (χ4n) is 3.27. The number of imide groups is 1. The van der Waals surface area contributed by atoms with Crippen LogP contribution < -0.4 is 15.4 Å². The zero-order valence-electron chi connectivity index (χ0n) is 16.1. The summed E-state index contributed by atoms with van der Waals surface area (Å²) in [6, 6.07) is 9.18. The average molecular weight is 433 g/mol. The van der Waals surface area contributed by atoms with Gasteiger partial charge in [0.15, 0.2) is 0 Å². The minimum Gasteiger partial charge on any atom is -0.423 e.